The Bertz CT molecular complexity index is 508. The number of carbonyl (C=O) groups is 1. The molecule has 0 spiro atoms. The van der Waals surface area contributed by atoms with Crippen molar-refractivity contribution in [3.05, 3.63) is 28.2 Å². The Kier molecular flexibility index (Phi) is 3.95. The molecule has 0 radical (unpaired) electrons. The highest BCUT2D eigenvalue weighted by Gasteiger charge is 2.40. The normalized spacial score (nSPS) is 27.4. The smallest absolute Gasteiger partial charge is 0.219 e. The first kappa shape index (κ1) is 14.4. The zero-order valence-electron chi connectivity index (χ0n) is 11.4. The predicted octanol–water partition coefficient (Wildman–Crippen LogP) is 3.13. The molecule has 2 unspecified atom stereocenters. The van der Waals surface area contributed by atoms with Gasteiger partial charge < -0.3 is 4.90 Å². The Balaban J connectivity index is 2.33. The van der Waals surface area contributed by atoms with E-state index in [1.165, 1.54) is 6.20 Å². The third kappa shape index (κ3) is 2.66. The summed E-state index contributed by atoms with van der Waals surface area (Å²) in [5.74, 6) is -0.133. The van der Waals surface area contributed by atoms with Gasteiger partial charge in [-0.05, 0) is 34.3 Å². The van der Waals surface area contributed by atoms with Gasteiger partial charge in [-0.25, -0.2) is 4.98 Å². The third-order valence-corrected chi connectivity index (χ3v) is 4.78. The zero-order chi connectivity index (χ0) is 14.2. The fourth-order valence-corrected chi connectivity index (χ4v) is 3.08. The van der Waals surface area contributed by atoms with Gasteiger partial charge in [-0.2, -0.15) is 4.39 Å². The number of carbonyl (C=O) groups excluding carboxylic acids is 1. The molecule has 5 heteroatoms. The van der Waals surface area contributed by atoms with Crippen molar-refractivity contribution in [2.75, 3.05) is 13.1 Å². The maximum Gasteiger partial charge on any atom is 0.219 e. The quantitative estimate of drug-likeness (QED) is 0.742. The minimum atomic E-state index is -0.408. The Morgan fingerprint density at radius 1 is 1.63 bits per heavy atom. The van der Waals surface area contributed by atoms with Gasteiger partial charge in [0.2, 0.25) is 11.9 Å². The average molecular weight is 329 g/mol. The topological polar surface area (TPSA) is 33.2 Å². The standard InChI is InChI=1S/C14H18BrFN2O/c1-9-8-18(10(2)19)5-4-14(9,3)12-6-11(15)7-17-13(12)16/h6-7,9H,4-5,8H2,1-3H3. The van der Waals surface area contributed by atoms with Crippen LogP contribution in [0.2, 0.25) is 0 Å². The van der Waals surface area contributed by atoms with Crippen LogP contribution in [-0.2, 0) is 10.2 Å². The molecule has 3 nitrogen and oxygen atoms in total. The van der Waals surface area contributed by atoms with Gasteiger partial charge in [0.25, 0.3) is 0 Å². The minimum Gasteiger partial charge on any atom is -0.343 e. The van der Waals surface area contributed by atoms with Gasteiger partial charge in [-0.1, -0.05) is 13.8 Å². The average Bonchev–Trinajstić information content (AvgIpc) is 2.35. The van der Waals surface area contributed by atoms with Crippen LogP contribution < -0.4 is 0 Å². The summed E-state index contributed by atoms with van der Waals surface area (Å²) >= 11 is 3.35. The molecule has 1 aliphatic rings. The monoisotopic (exact) mass is 328 g/mol. The van der Waals surface area contributed by atoms with Gasteiger partial charge >= 0.3 is 0 Å². The van der Waals surface area contributed by atoms with Gasteiger partial charge in [-0.3, -0.25) is 4.79 Å². The second kappa shape index (κ2) is 5.19. The van der Waals surface area contributed by atoms with Crippen LogP contribution in [0, 0.1) is 11.9 Å². The van der Waals surface area contributed by atoms with Crippen LogP contribution in [0.5, 0.6) is 0 Å². The van der Waals surface area contributed by atoms with E-state index in [2.05, 4.69) is 34.8 Å². The van der Waals surface area contributed by atoms with Crippen LogP contribution >= 0.6 is 15.9 Å². The lowest BCUT2D eigenvalue weighted by atomic mass is 9.68. The Hall–Kier alpha value is -0.970. The van der Waals surface area contributed by atoms with Crippen LogP contribution in [-0.4, -0.2) is 28.9 Å². The Labute approximate surface area is 121 Å². The van der Waals surface area contributed by atoms with E-state index in [1.807, 2.05) is 11.0 Å². The number of rotatable bonds is 1. The maximum absolute atomic E-state index is 14.0. The van der Waals surface area contributed by atoms with E-state index in [0.29, 0.717) is 18.7 Å². The lowest BCUT2D eigenvalue weighted by Crippen LogP contribution is -2.49. The van der Waals surface area contributed by atoms with Crippen LogP contribution in [0.3, 0.4) is 0 Å². The Morgan fingerprint density at radius 2 is 2.32 bits per heavy atom. The van der Waals surface area contributed by atoms with Crippen LogP contribution in [0.15, 0.2) is 16.7 Å². The molecular formula is C14H18BrFN2O. The summed E-state index contributed by atoms with van der Waals surface area (Å²) in [4.78, 5) is 17.1. The van der Waals surface area contributed by atoms with Crippen molar-refractivity contribution in [2.45, 2.75) is 32.6 Å². The maximum atomic E-state index is 14.0. The first-order chi connectivity index (χ1) is 8.84. The van der Waals surface area contributed by atoms with Crippen molar-refractivity contribution >= 4 is 21.8 Å². The first-order valence-electron chi connectivity index (χ1n) is 6.41. The number of aromatic nitrogens is 1. The number of piperidine rings is 1. The molecule has 0 aliphatic carbocycles. The molecule has 104 valence electrons. The van der Waals surface area contributed by atoms with Crippen molar-refractivity contribution in [3.8, 4) is 0 Å². The lowest BCUT2D eigenvalue weighted by molar-refractivity contribution is -0.131. The molecule has 2 rings (SSSR count). The summed E-state index contributed by atoms with van der Waals surface area (Å²) < 4.78 is 14.8. The third-order valence-electron chi connectivity index (χ3n) is 4.35. The Morgan fingerprint density at radius 3 is 2.89 bits per heavy atom. The highest BCUT2D eigenvalue weighted by molar-refractivity contribution is 9.10. The summed E-state index contributed by atoms with van der Waals surface area (Å²) in [5.41, 5.74) is 0.352. The fraction of sp³-hybridized carbons (Fsp3) is 0.571. The van der Waals surface area contributed by atoms with Crippen molar-refractivity contribution in [2.24, 2.45) is 5.92 Å². The van der Waals surface area contributed by atoms with E-state index in [0.717, 1.165) is 10.9 Å². The number of hydrogen-bond donors (Lipinski definition) is 0. The van der Waals surface area contributed by atoms with Gasteiger partial charge in [0, 0.05) is 41.7 Å². The van der Waals surface area contributed by atoms with Crippen LogP contribution in [0.25, 0.3) is 0 Å². The summed E-state index contributed by atoms with van der Waals surface area (Å²) in [5, 5.41) is 0. The van der Waals surface area contributed by atoms with Gasteiger partial charge in [0.1, 0.15) is 0 Å². The molecule has 1 aliphatic heterocycles. The molecule has 2 heterocycles. The predicted molar refractivity (Wildman–Crippen MR) is 75.3 cm³/mol. The largest absolute Gasteiger partial charge is 0.343 e. The van der Waals surface area contributed by atoms with Crippen molar-refractivity contribution in [3.63, 3.8) is 0 Å². The van der Waals surface area contributed by atoms with Crippen LogP contribution in [0.1, 0.15) is 32.8 Å². The van der Waals surface area contributed by atoms with E-state index < -0.39 is 5.95 Å². The molecule has 19 heavy (non-hydrogen) atoms. The molecule has 1 aromatic heterocycles. The zero-order valence-corrected chi connectivity index (χ0v) is 13.0. The summed E-state index contributed by atoms with van der Waals surface area (Å²) in [6.45, 7) is 7.04. The van der Waals surface area contributed by atoms with Gasteiger partial charge in [0.15, 0.2) is 0 Å². The number of hydrogen-bond acceptors (Lipinski definition) is 2. The number of amides is 1. The molecule has 1 amide bonds. The van der Waals surface area contributed by atoms with Gasteiger partial charge in [-0.15, -0.1) is 0 Å². The van der Waals surface area contributed by atoms with E-state index in [9.17, 15) is 9.18 Å². The lowest BCUT2D eigenvalue weighted by Gasteiger charge is -2.44. The number of halogens is 2. The van der Waals surface area contributed by atoms with Crippen molar-refractivity contribution < 1.29 is 9.18 Å². The number of likely N-dealkylation sites (tertiary alicyclic amines) is 1. The fourth-order valence-electron chi connectivity index (χ4n) is 2.75. The summed E-state index contributed by atoms with van der Waals surface area (Å²) in [6.07, 6.45) is 2.22. The molecule has 0 N–H and O–H groups in total. The molecule has 0 bridgehead atoms. The van der Waals surface area contributed by atoms with Crippen molar-refractivity contribution in [1.29, 1.82) is 0 Å². The first-order valence-corrected chi connectivity index (χ1v) is 7.21. The van der Waals surface area contributed by atoms with E-state index in [4.69, 9.17) is 0 Å². The molecule has 0 saturated carbocycles. The molecular weight excluding hydrogens is 311 g/mol. The molecule has 1 saturated heterocycles. The van der Waals surface area contributed by atoms with E-state index >= 15 is 0 Å². The highest BCUT2D eigenvalue weighted by atomic mass is 79.9. The molecule has 1 fully saturated rings. The number of nitrogens with zero attached hydrogens (tertiary/aromatic N) is 2. The number of pyridine rings is 1. The summed E-state index contributed by atoms with van der Waals surface area (Å²) in [7, 11) is 0. The SMILES string of the molecule is CC(=O)N1CCC(C)(c2cc(Br)cnc2F)C(C)C1. The van der Waals surface area contributed by atoms with E-state index in [1.54, 1.807) is 6.92 Å². The van der Waals surface area contributed by atoms with E-state index in [-0.39, 0.29) is 17.2 Å². The summed E-state index contributed by atoms with van der Waals surface area (Å²) in [6, 6.07) is 1.81. The second-order valence-electron chi connectivity index (χ2n) is 5.53. The molecule has 0 aromatic carbocycles. The van der Waals surface area contributed by atoms with Crippen LogP contribution in [0.4, 0.5) is 4.39 Å². The second-order valence-corrected chi connectivity index (χ2v) is 6.44. The van der Waals surface area contributed by atoms with Crippen molar-refractivity contribution in [1.82, 2.24) is 9.88 Å². The molecule has 2 atom stereocenters. The molecule has 1 aromatic rings. The van der Waals surface area contributed by atoms with Gasteiger partial charge in [0.05, 0.1) is 0 Å². The minimum absolute atomic E-state index is 0.0849. The highest BCUT2D eigenvalue weighted by Crippen LogP contribution is 2.40.